The normalized spacial score (nSPS) is 12.2. The van der Waals surface area contributed by atoms with Crippen LogP contribution in [0.4, 0.5) is 5.82 Å². The summed E-state index contributed by atoms with van der Waals surface area (Å²) >= 11 is 0. The molecule has 94 valence electrons. The molecule has 1 unspecified atom stereocenters. The van der Waals surface area contributed by atoms with Crippen LogP contribution >= 0.6 is 0 Å². The van der Waals surface area contributed by atoms with Crippen molar-refractivity contribution >= 4 is 5.82 Å². The summed E-state index contributed by atoms with van der Waals surface area (Å²) in [6, 6.07) is 13.1. The predicted octanol–water partition coefficient (Wildman–Crippen LogP) is 4.13. The van der Waals surface area contributed by atoms with Gasteiger partial charge >= 0.3 is 0 Å². The van der Waals surface area contributed by atoms with Crippen LogP contribution in [0.2, 0.25) is 0 Å². The Morgan fingerprint density at radius 3 is 2.50 bits per heavy atom. The van der Waals surface area contributed by atoms with Gasteiger partial charge in [0, 0.05) is 12.2 Å². The van der Waals surface area contributed by atoms with Gasteiger partial charge in [-0.2, -0.15) is 0 Å². The number of nitrogens with zero attached hydrogens (tertiary/aromatic N) is 1. The first kappa shape index (κ1) is 12.6. The second-order valence-corrected chi connectivity index (χ2v) is 4.63. The van der Waals surface area contributed by atoms with E-state index in [0.717, 1.165) is 12.2 Å². The third-order valence-corrected chi connectivity index (χ3v) is 3.25. The van der Waals surface area contributed by atoms with E-state index in [4.69, 9.17) is 0 Å². The number of hydrogen-bond donors (Lipinski definition) is 1. The van der Waals surface area contributed by atoms with Gasteiger partial charge in [0.2, 0.25) is 0 Å². The van der Waals surface area contributed by atoms with Gasteiger partial charge in [-0.3, -0.25) is 0 Å². The molecule has 0 amide bonds. The van der Waals surface area contributed by atoms with Crippen molar-refractivity contribution in [1.82, 2.24) is 4.98 Å². The molecule has 2 heteroatoms. The summed E-state index contributed by atoms with van der Waals surface area (Å²) < 4.78 is 0. The molecule has 0 radical (unpaired) electrons. The third kappa shape index (κ3) is 2.89. The summed E-state index contributed by atoms with van der Waals surface area (Å²) in [6.45, 7) is 6.41. The van der Waals surface area contributed by atoms with Crippen molar-refractivity contribution in [3.8, 4) is 0 Å². The zero-order valence-electron chi connectivity index (χ0n) is 11.3. The van der Waals surface area contributed by atoms with Crippen LogP contribution in [0.15, 0.2) is 42.6 Å². The number of pyridine rings is 1. The van der Waals surface area contributed by atoms with Crippen LogP contribution in [0.5, 0.6) is 0 Å². The van der Waals surface area contributed by atoms with Gasteiger partial charge < -0.3 is 5.32 Å². The Bertz CT molecular complexity index is 503. The minimum atomic E-state index is 0.268. The lowest BCUT2D eigenvalue weighted by Crippen LogP contribution is -2.08. The first-order chi connectivity index (χ1) is 8.70. The minimum Gasteiger partial charge on any atom is -0.363 e. The summed E-state index contributed by atoms with van der Waals surface area (Å²) in [5, 5.41) is 3.45. The maximum absolute atomic E-state index is 4.37. The molecule has 0 saturated heterocycles. The van der Waals surface area contributed by atoms with E-state index in [1.807, 2.05) is 12.3 Å². The first-order valence-corrected chi connectivity index (χ1v) is 6.47. The largest absolute Gasteiger partial charge is 0.363 e. The third-order valence-electron chi connectivity index (χ3n) is 3.25. The fourth-order valence-corrected chi connectivity index (χ4v) is 1.97. The number of nitrogens with one attached hydrogen (secondary N) is 1. The van der Waals surface area contributed by atoms with E-state index < -0.39 is 0 Å². The van der Waals surface area contributed by atoms with E-state index in [2.05, 4.69) is 61.4 Å². The van der Waals surface area contributed by atoms with E-state index in [0.29, 0.717) is 0 Å². The molecule has 0 spiro atoms. The Hall–Kier alpha value is -1.83. The molecule has 1 N–H and O–H groups in total. The first-order valence-electron chi connectivity index (χ1n) is 6.47. The van der Waals surface area contributed by atoms with E-state index in [-0.39, 0.29) is 6.04 Å². The maximum Gasteiger partial charge on any atom is 0.129 e. The molecule has 18 heavy (non-hydrogen) atoms. The highest BCUT2D eigenvalue weighted by atomic mass is 15.0. The molecular formula is C16H20N2. The van der Waals surface area contributed by atoms with Crippen LogP contribution in [0.1, 0.15) is 36.6 Å². The predicted molar refractivity (Wildman–Crippen MR) is 76.8 cm³/mol. The highest BCUT2D eigenvalue weighted by Gasteiger charge is 2.07. The SMILES string of the molecule is CCc1ccc(C(C)Nc2ncccc2C)cc1. The lowest BCUT2D eigenvalue weighted by Gasteiger charge is -2.16. The zero-order chi connectivity index (χ0) is 13.0. The quantitative estimate of drug-likeness (QED) is 0.869. The van der Waals surface area contributed by atoms with Gasteiger partial charge in [0.1, 0.15) is 5.82 Å². The summed E-state index contributed by atoms with van der Waals surface area (Å²) in [4.78, 5) is 4.37. The van der Waals surface area contributed by atoms with Crippen LogP contribution in [0.25, 0.3) is 0 Å². The van der Waals surface area contributed by atoms with Gasteiger partial charge in [0.15, 0.2) is 0 Å². The number of aromatic nitrogens is 1. The molecule has 0 fully saturated rings. The number of anilines is 1. The van der Waals surface area contributed by atoms with Crippen molar-refractivity contribution in [3.05, 3.63) is 59.3 Å². The molecule has 1 aromatic heterocycles. The Balaban J connectivity index is 2.11. The number of benzene rings is 1. The monoisotopic (exact) mass is 240 g/mol. The topological polar surface area (TPSA) is 24.9 Å². The van der Waals surface area contributed by atoms with Gasteiger partial charge in [-0.15, -0.1) is 0 Å². The lowest BCUT2D eigenvalue weighted by molar-refractivity contribution is 0.870. The molecule has 0 aliphatic heterocycles. The average molecular weight is 240 g/mol. The summed E-state index contributed by atoms with van der Waals surface area (Å²) in [7, 11) is 0. The van der Waals surface area contributed by atoms with Gasteiger partial charge in [-0.25, -0.2) is 4.98 Å². The smallest absolute Gasteiger partial charge is 0.129 e. The second kappa shape index (κ2) is 5.67. The Morgan fingerprint density at radius 1 is 1.17 bits per heavy atom. The summed E-state index contributed by atoms with van der Waals surface area (Å²) in [6.07, 6.45) is 2.91. The van der Waals surface area contributed by atoms with Crippen LogP contribution in [0, 0.1) is 6.92 Å². The zero-order valence-corrected chi connectivity index (χ0v) is 11.3. The van der Waals surface area contributed by atoms with Crippen LogP contribution < -0.4 is 5.32 Å². The standard InChI is InChI=1S/C16H20N2/c1-4-14-7-9-15(10-8-14)13(3)18-16-12(2)6-5-11-17-16/h5-11,13H,4H2,1-3H3,(H,17,18). The molecule has 1 aromatic carbocycles. The molecule has 2 rings (SSSR count). The van der Waals surface area contributed by atoms with E-state index in [1.54, 1.807) is 0 Å². The lowest BCUT2D eigenvalue weighted by atomic mass is 10.0. The van der Waals surface area contributed by atoms with Crippen LogP contribution in [0.3, 0.4) is 0 Å². The van der Waals surface area contributed by atoms with Gasteiger partial charge in [0.25, 0.3) is 0 Å². The highest BCUT2D eigenvalue weighted by Crippen LogP contribution is 2.20. The molecule has 0 bridgehead atoms. The highest BCUT2D eigenvalue weighted by molar-refractivity contribution is 5.45. The molecule has 0 aliphatic rings. The van der Waals surface area contributed by atoms with Crippen molar-refractivity contribution in [2.24, 2.45) is 0 Å². The van der Waals surface area contributed by atoms with E-state index in [1.165, 1.54) is 16.7 Å². The second-order valence-electron chi connectivity index (χ2n) is 4.63. The summed E-state index contributed by atoms with van der Waals surface area (Å²) in [5.41, 5.74) is 3.84. The van der Waals surface area contributed by atoms with Crippen molar-refractivity contribution in [2.45, 2.75) is 33.2 Å². The molecule has 2 nitrogen and oxygen atoms in total. The Morgan fingerprint density at radius 2 is 1.89 bits per heavy atom. The van der Waals surface area contributed by atoms with Crippen LogP contribution in [-0.2, 0) is 6.42 Å². The molecule has 0 saturated carbocycles. The van der Waals surface area contributed by atoms with Gasteiger partial charge in [0.05, 0.1) is 0 Å². The van der Waals surface area contributed by atoms with Crippen molar-refractivity contribution in [3.63, 3.8) is 0 Å². The van der Waals surface area contributed by atoms with Gasteiger partial charge in [-0.1, -0.05) is 37.3 Å². The Labute approximate surface area is 109 Å². The van der Waals surface area contributed by atoms with Crippen LogP contribution in [-0.4, -0.2) is 4.98 Å². The number of rotatable bonds is 4. The Kier molecular flexibility index (Phi) is 3.98. The average Bonchev–Trinajstić information content (AvgIpc) is 2.41. The van der Waals surface area contributed by atoms with Crippen molar-refractivity contribution in [2.75, 3.05) is 5.32 Å². The van der Waals surface area contributed by atoms with Crippen molar-refractivity contribution in [1.29, 1.82) is 0 Å². The number of hydrogen-bond acceptors (Lipinski definition) is 2. The fraction of sp³-hybridized carbons (Fsp3) is 0.312. The molecule has 2 aromatic rings. The molecule has 1 heterocycles. The number of aryl methyl sites for hydroxylation is 2. The molecule has 0 aliphatic carbocycles. The minimum absolute atomic E-state index is 0.268. The maximum atomic E-state index is 4.37. The fourth-order valence-electron chi connectivity index (χ4n) is 1.97. The van der Waals surface area contributed by atoms with E-state index in [9.17, 15) is 0 Å². The molecular weight excluding hydrogens is 220 g/mol. The van der Waals surface area contributed by atoms with Gasteiger partial charge in [-0.05, 0) is 43.0 Å². The summed E-state index contributed by atoms with van der Waals surface area (Å²) in [5.74, 6) is 0.963. The van der Waals surface area contributed by atoms with Crippen molar-refractivity contribution < 1.29 is 0 Å². The van der Waals surface area contributed by atoms with E-state index >= 15 is 0 Å². The molecule has 1 atom stereocenters.